The Balaban J connectivity index is 2.03. The van der Waals surface area contributed by atoms with E-state index >= 15 is 0 Å². The number of nitrogens with one attached hydrogen (secondary N) is 1. The molecular weight excluding hydrogens is 358 g/mol. The normalized spacial score (nSPS) is 12.1. The molecule has 1 aromatic heterocycles. The van der Waals surface area contributed by atoms with Crippen LogP contribution in [-0.4, -0.2) is 27.3 Å². The van der Waals surface area contributed by atoms with Crippen LogP contribution in [0.2, 0.25) is 0 Å². The van der Waals surface area contributed by atoms with Crippen LogP contribution < -0.4 is 10.9 Å². The first-order valence-corrected chi connectivity index (χ1v) is 9.99. The first-order valence-electron chi connectivity index (χ1n) is 9.00. The van der Waals surface area contributed by atoms with E-state index in [0.717, 1.165) is 17.7 Å². The van der Waals surface area contributed by atoms with Crippen molar-refractivity contribution in [2.24, 2.45) is 0 Å². The van der Waals surface area contributed by atoms with Crippen LogP contribution in [0.1, 0.15) is 25.8 Å². The summed E-state index contributed by atoms with van der Waals surface area (Å²) in [6, 6.07) is 15.1. The minimum absolute atomic E-state index is 0.0625. The lowest BCUT2D eigenvalue weighted by Gasteiger charge is -2.14. The number of carbonyl (C=O) groups excluding carboxylic acids is 1. The third-order valence-corrected chi connectivity index (χ3v) is 5.30. The third-order valence-electron chi connectivity index (χ3n) is 4.36. The zero-order valence-electron chi connectivity index (χ0n) is 15.7. The van der Waals surface area contributed by atoms with Crippen LogP contribution in [-0.2, 0) is 4.79 Å². The molecule has 27 heavy (non-hydrogen) atoms. The van der Waals surface area contributed by atoms with Gasteiger partial charge in [0.2, 0.25) is 5.91 Å². The van der Waals surface area contributed by atoms with Crippen molar-refractivity contribution in [2.75, 3.05) is 5.75 Å². The fourth-order valence-corrected chi connectivity index (χ4v) is 3.58. The number of benzene rings is 2. The molecule has 0 aliphatic carbocycles. The molecule has 1 amide bonds. The van der Waals surface area contributed by atoms with E-state index in [1.807, 2.05) is 63.2 Å². The summed E-state index contributed by atoms with van der Waals surface area (Å²) in [5.41, 5.74) is 2.31. The number of rotatable bonds is 6. The van der Waals surface area contributed by atoms with E-state index in [4.69, 9.17) is 0 Å². The standard InChI is InChI=1S/C21H23N3O2S/c1-4-15(3)22-19(25)13-27-21-23-18-11-6-5-10-17(18)20(26)24(21)16-9-7-8-14(2)12-16/h5-12,15H,4,13H2,1-3H3,(H,22,25)/t15-/m1/s1. The van der Waals surface area contributed by atoms with Gasteiger partial charge >= 0.3 is 0 Å². The van der Waals surface area contributed by atoms with Crippen LogP contribution in [0, 0.1) is 6.92 Å². The lowest BCUT2D eigenvalue weighted by atomic mass is 10.2. The van der Waals surface area contributed by atoms with E-state index in [2.05, 4.69) is 10.3 Å². The molecule has 0 fully saturated rings. The number of nitrogens with zero attached hydrogens (tertiary/aromatic N) is 2. The lowest BCUT2D eigenvalue weighted by molar-refractivity contribution is -0.119. The van der Waals surface area contributed by atoms with Gasteiger partial charge in [-0.05, 0) is 50.1 Å². The van der Waals surface area contributed by atoms with Crippen LogP contribution in [0.15, 0.2) is 58.5 Å². The van der Waals surface area contributed by atoms with Gasteiger partial charge in [0.15, 0.2) is 5.16 Å². The Morgan fingerprint density at radius 1 is 1.22 bits per heavy atom. The zero-order valence-corrected chi connectivity index (χ0v) is 16.5. The number of carbonyl (C=O) groups is 1. The molecule has 1 heterocycles. The highest BCUT2D eigenvalue weighted by molar-refractivity contribution is 7.99. The number of aryl methyl sites for hydroxylation is 1. The maximum Gasteiger partial charge on any atom is 0.266 e. The van der Waals surface area contributed by atoms with E-state index in [9.17, 15) is 9.59 Å². The first-order chi connectivity index (χ1) is 13.0. The average molecular weight is 382 g/mol. The van der Waals surface area contributed by atoms with Gasteiger partial charge in [0, 0.05) is 6.04 Å². The molecule has 3 rings (SSSR count). The summed E-state index contributed by atoms with van der Waals surface area (Å²) < 4.78 is 1.59. The minimum Gasteiger partial charge on any atom is -0.353 e. The summed E-state index contributed by atoms with van der Waals surface area (Å²) in [4.78, 5) is 30.0. The fourth-order valence-electron chi connectivity index (χ4n) is 2.75. The van der Waals surface area contributed by atoms with Crippen LogP contribution in [0.5, 0.6) is 0 Å². The van der Waals surface area contributed by atoms with Gasteiger partial charge in [-0.2, -0.15) is 0 Å². The van der Waals surface area contributed by atoms with Crippen molar-refractivity contribution in [1.82, 2.24) is 14.9 Å². The summed E-state index contributed by atoms with van der Waals surface area (Å²) in [5.74, 6) is 0.147. The van der Waals surface area contributed by atoms with Gasteiger partial charge in [0.25, 0.3) is 5.56 Å². The average Bonchev–Trinajstić information content (AvgIpc) is 2.66. The van der Waals surface area contributed by atoms with E-state index in [-0.39, 0.29) is 23.3 Å². The van der Waals surface area contributed by atoms with Gasteiger partial charge in [0.05, 0.1) is 22.3 Å². The van der Waals surface area contributed by atoms with Crippen LogP contribution in [0.4, 0.5) is 0 Å². The van der Waals surface area contributed by atoms with Crippen molar-refractivity contribution in [2.45, 2.75) is 38.4 Å². The summed E-state index contributed by atoms with van der Waals surface area (Å²) in [5, 5.41) is 4.02. The molecule has 0 aliphatic rings. The van der Waals surface area contributed by atoms with Crippen molar-refractivity contribution in [3.63, 3.8) is 0 Å². The molecule has 1 atom stereocenters. The Labute approximate surface area is 162 Å². The van der Waals surface area contributed by atoms with Crippen molar-refractivity contribution < 1.29 is 4.79 Å². The molecule has 0 saturated heterocycles. The highest BCUT2D eigenvalue weighted by atomic mass is 32.2. The van der Waals surface area contributed by atoms with Crippen molar-refractivity contribution >= 4 is 28.6 Å². The second kappa shape index (κ2) is 8.39. The van der Waals surface area contributed by atoms with E-state index < -0.39 is 0 Å². The second-order valence-corrected chi connectivity index (χ2v) is 7.50. The van der Waals surface area contributed by atoms with Crippen molar-refractivity contribution in [3.05, 3.63) is 64.4 Å². The summed E-state index contributed by atoms with van der Waals surface area (Å²) in [7, 11) is 0. The monoisotopic (exact) mass is 381 g/mol. The Kier molecular flexibility index (Phi) is 5.96. The van der Waals surface area contributed by atoms with Crippen LogP contribution >= 0.6 is 11.8 Å². The zero-order chi connectivity index (χ0) is 19.4. The number of amides is 1. The quantitative estimate of drug-likeness (QED) is 0.522. The Hall–Kier alpha value is -2.60. The Morgan fingerprint density at radius 2 is 2.00 bits per heavy atom. The fraction of sp³-hybridized carbons (Fsp3) is 0.286. The van der Waals surface area contributed by atoms with Crippen molar-refractivity contribution in [1.29, 1.82) is 0 Å². The number of thioether (sulfide) groups is 1. The number of hydrogen-bond donors (Lipinski definition) is 1. The van der Waals surface area contributed by atoms with Crippen molar-refractivity contribution in [3.8, 4) is 5.69 Å². The second-order valence-electron chi connectivity index (χ2n) is 6.56. The lowest BCUT2D eigenvalue weighted by Crippen LogP contribution is -2.33. The Morgan fingerprint density at radius 3 is 2.74 bits per heavy atom. The SMILES string of the molecule is CC[C@@H](C)NC(=O)CSc1nc2ccccc2c(=O)n1-c1cccc(C)c1. The van der Waals surface area contributed by atoms with Gasteiger partial charge in [-0.3, -0.25) is 14.2 Å². The maximum absolute atomic E-state index is 13.1. The molecule has 5 nitrogen and oxygen atoms in total. The molecule has 140 valence electrons. The van der Waals surface area contributed by atoms with Gasteiger partial charge in [-0.25, -0.2) is 4.98 Å². The molecule has 0 spiro atoms. The molecule has 2 aromatic carbocycles. The molecule has 0 unspecified atom stereocenters. The molecule has 0 aliphatic heterocycles. The number of fused-ring (bicyclic) bond motifs is 1. The first kappa shape index (κ1) is 19.2. The van der Waals surface area contributed by atoms with E-state index in [1.54, 1.807) is 10.6 Å². The third kappa shape index (κ3) is 4.39. The Bertz CT molecular complexity index is 1030. The molecule has 0 radical (unpaired) electrons. The maximum atomic E-state index is 13.1. The molecule has 6 heteroatoms. The van der Waals surface area contributed by atoms with E-state index in [1.165, 1.54) is 11.8 Å². The summed E-state index contributed by atoms with van der Waals surface area (Å²) in [6.45, 7) is 5.98. The molecule has 0 saturated carbocycles. The predicted molar refractivity (Wildman–Crippen MR) is 111 cm³/mol. The molecule has 0 bridgehead atoms. The highest BCUT2D eigenvalue weighted by Crippen LogP contribution is 2.21. The number of hydrogen-bond acceptors (Lipinski definition) is 4. The van der Waals surface area contributed by atoms with Gasteiger partial charge in [-0.15, -0.1) is 0 Å². The smallest absolute Gasteiger partial charge is 0.266 e. The predicted octanol–water partition coefficient (Wildman–Crippen LogP) is 3.70. The van der Waals surface area contributed by atoms with Gasteiger partial charge in [0.1, 0.15) is 0 Å². The van der Waals surface area contributed by atoms with Gasteiger partial charge in [-0.1, -0.05) is 43.0 Å². The highest BCUT2D eigenvalue weighted by Gasteiger charge is 2.15. The number of aromatic nitrogens is 2. The van der Waals surface area contributed by atoms with E-state index in [0.29, 0.717) is 16.1 Å². The van der Waals surface area contributed by atoms with Crippen LogP contribution in [0.3, 0.4) is 0 Å². The topological polar surface area (TPSA) is 64.0 Å². The number of para-hydroxylation sites is 1. The largest absolute Gasteiger partial charge is 0.353 e. The molecular formula is C21H23N3O2S. The van der Waals surface area contributed by atoms with Crippen LogP contribution in [0.25, 0.3) is 16.6 Å². The van der Waals surface area contributed by atoms with Gasteiger partial charge < -0.3 is 5.32 Å². The molecule has 1 N–H and O–H groups in total. The molecule has 3 aromatic rings. The minimum atomic E-state index is -0.129. The summed E-state index contributed by atoms with van der Waals surface area (Å²) >= 11 is 1.28. The summed E-state index contributed by atoms with van der Waals surface area (Å²) in [6.07, 6.45) is 0.874.